The second-order valence-corrected chi connectivity index (χ2v) is 4.82. The average molecular weight is 232 g/mol. The van der Waals surface area contributed by atoms with Gasteiger partial charge in [-0.3, -0.25) is 4.79 Å². The van der Waals surface area contributed by atoms with Gasteiger partial charge in [-0.25, -0.2) is 0 Å². The lowest BCUT2D eigenvalue weighted by Gasteiger charge is -2.17. The van der Waals surface area contributed by atoms with Crippen LogP contribution in [0.4, 0.5) is 0 Å². The average Bonchev–Trinajstić information content (AvgIpc) is 3.15. The zero-order chi connectivity index (χ0) is 11.7. The molecule has 1 heterocycles. The molecule has 0 unspecified atom stereocenters. The molecule has 1 aliphatic carbocycles. The summed E-state index contributed by atoms with van der Waals surface area (Å²) in [6.45, 7) is 0.380. The molecule has 2 aliphatic rings. The van der Waals surface area contributed by atoms with Gasteiger partial charge in [0.25, 0.3) is 0 Å². The van der Waals surface area contributed by atoms with Crippen molar-refractivity contribution in [2.45, 2.75) is 38.1 Å². The maximum atomic E-state index is 11.9. The van der Waals surface area contributed by atoms with Gasteiger partial charge in [-0.05, 0) is 24.8 Å². The van der Waals surface area contributed by atoms with Crippen LogP contribution in [0.15, 0.2) is 30.3 Å². The summed E-state index contributed by atoms with van der Waals surface area (Å²) in [4.78, 5) is 11.9. The van der Waals surface area contributed by atoms with E-state index in [9.17, 15) is 4.79 Å². The molecule has 0 bridgehead atoms. The van der Waals surface area contributed by atoms with E-state index >= 15 is 0 Å². The normalized spacial score (nSPS) is 30.5. The zero-order valence-corrected chi connectivity index (χ0v) is 9.67. The van der Waals surface area contributed by atoms with Gasteiger partial charge in [0, 0.05) is 0 Å². The lowest BCUT2D eigenvalue weighted by atomic mass is 9.89. The molecule has 1 saturated heterocycles. The van der Waals surface area contributed by atoms with E-state index in [1.165, 1.54) is 0 Å². The number of ether oxygens (including phenoxy) is 2. The second kappa shape index (κ2) is 4.49. The van der Waals surface area contributed by atoms with Crippen molar-refractivity contribution in [1.82, 2.24) is 0 Å². The summed E-state index contributed by atoms with van der Waals surface area (Å²) in [5.41, 5.74) is 1.04. The molecule has 2 fully saturated rings. The number of rotatable bonds is 3. The Kier molecular flexibility index (Phi) is 2.85. The van der Waals surface area contributed by atoms with Gasteiger partial charge in [0.1, 0.15) is 6.61 Å². The highest BCUT2D eigenvalue weighted by Gasteiger charge is 2.46. The van der Waals surface area contributed by atoms with Crippen LogP contribution in [0, 0.1) is 5.92 Å². The van der Waals surface area contributed by atoms with E-state index in [0.717, 1.165) is 24.8 Å². The van der Waals surface area contributed by atoms with Crippen LogP contribution >= 0.6 is 0 Å². The molecule has 3 atom stereocenters. The highest BCUT2D eigenvalue weighted by molar-refractivity contribution is 5.72. The third kappa shape index (κ3) is 2.50. The smallest absolute Gasteiger partial charge is 0.309 e. The standard InChI is InChI=1S/C14H16O3/c15-14(11-6-7-12-13(8-11)17-12)16-9-10-4-2-1-3-5-10/h1-5,11-13H,6-9H2/t11-,12-,13+/m0/s1. The fourth-order valence-electron chi connectivity index (χ4n) is 2.46. The maximum absolute atomic E-state index is 11.9. The van der Waals surface area contributed by atoms with E-state index in [0.29, 0.717) is 18.8 Å². The molecule has 1 aromatic carbocycles. The predicted molar refractivity (Wildman–Crippen MR) is 62.2 cm³/mol. The quantitative estimate of drug-likeness (QED) is 0.593. The summed E-state index contributed by atoms with van der Waals surface area (Å²) in [6.07, 6.45) is 3.54. The Bertz CT molecular complexity index is 401. The Morgan fingerprint density at radius 1 is 1.24 bits per heavy atom. The molecule has 0 aromatic heterocycles. The third-order valence-electron chi connectivity index (χ3n) is 3.56. The summed E-state index contributed by atoms with van der Waals surface area (Å²) in [5, 5.41) is 0. The van der Waals surface area contributed by atoms with Crippen molar-refractivity contribution in [3.63, 3.8) is 0 Å². The number of carbonyl (C=O) groups excluding carboxylic acids is 1. The zero-order valence-electron chi connectivity index (χ0n) is 9.67. The van der Waals surface area contributed by atoms with Gasteiger partial charge < -0.3 is 9.47 Å². The van der Waals surface area contributed by atoms with Gasteiger partial charge >= 0.3 is 5.97 Å². The molecule has 3 rings (SSSR count). The maximum Gasteiger partial charge on any atom is 0.309 e. The van der Waals surface area contributed by atoms with Crippen LogP contribution in [-0.2, 0) is 20.9 Å². The molecule has 0 N–H and O–H groups in total. The molecule has 3 heteroatoms. The fraction of sp³-hybridized carbons (Fsp3) is 0.500. The van der Waals surface area contributed by atoms with Gasteiger partial charge in [-0.2, -0.15) is 0 Å². The summed E-state index contributed by atoms with van der Waals surface area (Å²) >= 11 is 0. The van der Waals surface area contributed by atoms with E-state index in [-0.39, 0.29) is 11.9 Å². The Labute approximate surface area is 101 Å². The van der Waals surface area contributed by atoms with Gasteiger partial charge in [0.15, 0.2) is 0 Å². The molecular weight excluding hydrogens is 216 g/mol. The number of hydrogen-bond acceptors (Lipinski definition) is 3. The van der Waals surface area contributed by atoms with Gasteiger partial charge in [0.05, 0.1) is 18.1 Å². The van der Waals surface area contributed by atoms with Gasteiger partial charge in [0.2, 0.25) is 0 Å². The SMILES string of the molecule is O=C(OCc1ccccc1)[C@H]1CC[C@@H]2O[C@@H]2C1. The van der Waals surface area contributed by atoms with Crippen LogP contribution in [0.3, 0.4) is 0 Å². The number of epoxide rings is 1. The van der Waals surface area contributed by atoms with Crippen LogP contribution in [-0.4, -0.2) is 18.2 Å². The van der Waals surface area contributed by atoms with Crippen molar-refractivity contribution in [3.8, 4) is 0 Å². The van der Waals surface area contributed by atoms with Gasteiger partial charge in [-0.15, -0.1) is 0 Å². The minimum absolute atomic E-state index is 0.0439. The number of benzene rings is 1. The van der Waals surface area contributed by atoms with Crippen LogP contribution in [0.2, 0.25) is 0 Å². The largest absolute Gasteiger partial charge is 0.461 e. The number of esters is 1. The van der Waals surface area contributed by atoms with Crippen LogP contribution < -0.4 is 0 Å². The lowest BCUT2D eigenvalue weighted by Crippen LogP contribution is -2.23. The topological polar surface area (TPSA) is 38.8 Å². The van der Waals surface area contributed by atoms with Crippen molar-refractivity contribution >= 4 is 5.97 Å². The summed E-state index contributed by atoms with van der Waals surface area (Å²) in [7, 11) is 0. The Morgan fingerprint density at radius 2 is 2.06 bits per heavy atom. The fourth-order valence-corrected chi connectivity index (χ4v) is 2.46. The minimum atomic E-state index is -0.0668. The lowest BCUT2D eigenvalue weighted by molar-refractivity contribution is -0.150. The van der Waals surface area contributed by atoms with E-state index in [1.54, 1.807) is 0 Å². The van der Waals surface area contributed by atoms with Crippen molar-refractivity contribution < 1.29 is 14.3 Å². The first-order valence-electron chi connectivity index (χ1n) is 6.19. The van der Waals surface area contributed by atoms with E-state index in [4.69, 9.17) is 9.47 Å². The Hall–Kier alpha value is -1.35. The molecule has 1 aliphatic heterocycles. The van der Waals surface area contributed by atoms with Crippen molar-refractivity contribution in [2.75, 3.05) is 0 Å². The first-order valence-corrected chi connectivity index (χ1v) is 6.19. The van der Waals surface area contributed by atoms with E-state index in [1.807, 2.05) is 30.3 Å². The molecular formula is C14H16O3. The summed E-state index contributed by atoms with van der Waals surface area (Å²) < 4.78 is 10.8. The Balaban J connectivity index is 1.50. The van der Waals surface area contributed by atoms with Crippen LogP contribution in [0.25, 0.3) is 0 Å². The molecule has 3 nitrogen and oxygen atoms in total. The molecule has 1 saturated carbocycles. The highest BCUT2D eigenvalue weighted by Crippen LogP contribution is 2.39. The Morgan fingerprint density at radius 3 is 2.82 bits per heavy atom. The monoisotopic (exact) mass is 232 g/mol. The predicted octanol–water partition coefficient (Wildman–Crippen LogP) is 2.30. The minimum Gasteiger partial charge on any atom is -0.461 e. The highest BCUT2D eigenvalue weighted by atomic mass is 16.6. The first-order chi connectivity index (χ1) is 8.33. The molecule has 17 heavy (non-hydrogen) atoms. The van der Waals surface area contributed by atoms with E-state index < -0.39 is 0 Å². The van der Waals surface area contributed by atoms with Gasteiger partial charge in [-0.1, -0.05) is 30.3 Å². The van der Waals surface area contributed by atoms with Crippen LogP contribution in [0.1, 0.15) is 24.8 Å². The van der Waals surface area contributed by atoms with Crippen molar-refractivity contribution in [3.05, 3.63) is 35.9 Å². The number of carbonyl (C=O) groups is 1. The molecule has 0 spiro atoms. The number of fused-ring (bicyclic) bond motifs is 1. The summed E-state index contributed by atoms with van der Waals surface area (Å²) in [5.74, 6) is -0.0229. The van der Waals surface area contributed by atoms with Crippen molar-refractivity contribution in [2.24, 2.45) is 5.92 Å². The first kappa shape index (κ1) is 10.8. The molecule has 90 valence electrons. The summed E-state index contributed by atoms with van der Waals surface area (Å²) in [6, 6.07) is 9.79. The second-order valence-electron chi connectivity index (χ2n) is 4.82. The van der Waals surface area contributed by atoms with Crippen LogP contribution in [0.5, 0.6) is 0 Å². The number of hydrogen-bond donors (Lipinski definition) is 0. The molecule has 1 aromatic rings. The van der Waals surface area contributed by atoms with Crippen molar-refractivity contribution in [1.29, 1.82) is 0 Å². The van der Waals surface area contributed by atoms with E-state index in [2.05, 4.69) is 0 Å². The molecule has 0 amide bonds. The molecule has 0 radical (unpaired) electrons. The third-order valence-corrected chi connectivity index (χ3v) is 3.56.